The molecule has 0 bridgehead atoms. The van der Waals surface area contributed by atoms with Crippen LogP contribution in [-0.4, -0.2) is 91.0 Å². The van der Waals surface area contributed by atoms with Crippen molar-refractivity contribution in [1.29, 1.82) is 0 Å². The number of aryl methyl sites for hydroxylation is 1. The zero-order valence-corrected chi connectivity index (χ0v) is 22.2. The number of allylic oxidation sites excluding steroid dienone is 3. The molecule has 2 amide bonds. The fourth-order valence-electron chi connectivity index (χ4n) is 5.43. The van der Waals surface area contributed by atoms with Crippen LogP contribution in [0, 0.1) is 0 Å². The Hall–Kier alpha value is -4.18. The molecule has 5 rings (SSSR count). The monoisotopic (exact) mass is 526 g/mol. The highest BCUT2D eigenvalue weighted by molar-refractivity contribution is 5.94. The highest BCUT2D eigenvalue weighted by Crippen LogP contribution is 2.36. The number of carbonyl (C=O) groups excluding carboxylic acids is 2. The number of hydrogen-bond donors (Lipinski definition) is 0. The third-order valence-corrected chi connectivity index (χ3v) is 7.42. The van der Waals surface area contributed by atoms with Crippen LogP contribution < -0.4 is 0 Å². The number of hydrogen-bond acceptors (Lipinski definition) is 7. The van der Waals surface area contributed by atoms with Crippen LogP contribution in [0.5, 0.6) is 0 Å². The van der Waals surface area contributed by atoms with Crippen LogP contribution in [0.3, 0.4) is 0 Å². The summed E-state index contributed by atoms with van der Waals surface area (Å²) in [6.45, 7) is 2.74. The molecule has 10 nitrogen and oxygen atoms in total. The molecule has 2 aromatic heterocycles. The van der Waals surface area contributed by atoms with Crippen molar-refractivity contribution in [2.45, 2.75) is 37.9 Å². The maximum atomic E-state index is 13.4. The van der Waals surface area contributed by atoms with Gasteiger partial charge in [-0.25, -0.2) is 4.68 Å². The summed E-state index contributed by atoms with van der Waals surface area (Å²) in [5.74, 6) is -0.0197. The second-order valence-corrected chi connectivity index (χ2v) is 10.0. The average Bonchev–Trinajstić information content (AvgIpc) is 3.52. The van der Waals surface area contributed by atoms with E-state index >= 15 is 0 Å². The molecule has 1 aliphatic carbocycles. The predicted octanol–water partition coefficient (Wildman–Crippen LogP) is 2.76. The number of rotatable bonds is 9. The van der Waals surface area contributed by atoms with E-state index in [0.717, 1.165) is 12.8 Å². The van der Waals surface area contributed by atoms with Crippen molar-refractivity contribution in [3.8, 4) is 0 Å². The van der Waals surface area contributed by atoms with Gasteiger partial charge in [-0.05, 0) is 46.5 Å². The summed E-state index contributed by atoms with van der Waals surface area (Å²) in [7, 11) is 1.84. The Balaban J connectivity index is 1.40. The summed E-state index contributed by atoms with van der Waals surface area (Å²) in [4.78, 5) is 36.8. The fourth-order valence-corrected chi connectivity index (χ4v) is 5.43. The molecule has 0 N–H and O–H groups in total. The Morgan fingerprint density at radius 1 is 1.13 bits per heavy atom. The van der Waals surface area contributed by atoms with Crippen LogP contribution >= 0.6 is 0 Å². The van der Waals surface area contributed by atoms with Gasteiger partial charge in [-0.15, -0.1) is 5.10 Å². The van der Waals surface area contributed by atoms with Gasteiger partial charge >= 0.3 is 0 Å². The van der Waals surface area contributed by atoms with Gasteiger partial charge in [-0.3, -0.25) is 19.5 Å². The first-order valence-electron chi connectivity index (χ1n) is 13.4. The molecule has 3 aromatic rings. The Morgan fingerprint density at radius 3 is 2.72 bits per heavy atom. The lowest BCUT2D eigenvalue weighted by molar-refractivity contribution is -0.131. The number of likely N-dealkylation sites (N-methyl/N-ethyl adjacent to an activating group) is 1. The van der Waals surface area contributed by atoms with Crippen LogP contribution in [0.1, 0.15) is 41.2 Å². The standard InChI is InChI=1S/C29H34N8O2/c1-34(27(38)14-16-36-22-31-32-33-36)20-26-21-35(29(39)25-13-8-15-30-19-25)17-18-37(26)28(23-9-4-2-5-10-23)24-11-6-3-7-12-24/h2-6,8-11,13,15,19,22,26,28H,7,12,14,16-18,20-21H2,1H3. The molecule has 3 heterocycles. The largest absolute Gasteiger partial charge is 0.344 e. The number of nitrogens with zero attached hydrogens (tertiary/aromatic N) is 8. The van der Waals surface area contributed by atoms with Gasteiger partial charge in [0.05, 0.1) is 18.2 Å². The van der Waals surface area contributed by atoms with Gasteiger partial charge in [0.1, 0.15) is 6.33 Å². The van der Waals surface area contributed by atoms with Crippen LogP contribution in [0.4, 0.5) is 0 Å². The van der Waals surface area contributed by atoms with Crippen molar-refractivity contribution in [2.75, 3.05) is 33.2 Å². The molecule has 1 fully saturated rings. The van der Waals surface area contributed by atoms with E-state index in [1.165, 1.54) is 17.5 Å². The normalized spacial score (nSPS) is 18.4. The quantitative estimate of drug-likeness (QED) is 0.423. The van der Waals surface area contributed by atoms with E-state index < -0.39 is 0 Å². The van der Waals surface area contributed by atoms with E-state index in [-0.39, 0.29) is 23.9 Å². The van der Waals surface area contributed by atoms with Crippen LogP contribution in [0.15, 0.2) is 85.0 Å². The van der Waals surface area contributed by atoms with Crippen molar-refractivity contribution >= 4 is 11.8 Å². The minimum atomic E-state index is -0.0571. The Morgan fingerprint density at radius 2 is 2.00 bits per heavy atom. The number of aromatic nitrogens is 5. The molecule has 2 atom stereocenters. The van der Waals surface area contributed by atoms with Crippen LogP contribution in [0.2, 0.25) is 0 Å². The molecule has 10 heteroatoms. The summed E-state index contributed by atoms with van der Waals surface area (Å²) >= 11 is 0. The highest BCUT2D eigenvalue weighted by atomic mass is 16.2. The third kappa shape index (κ3) is 6.46. The molecule has 0 saturated carbocycles. The first kappa shape index (κ1) is 26.4. The van der Waals surface area contributed by atoms with E-state index in [2.05, 4.69) is 67.9 Å². The number of amides is 2. The lowest BCUT2D eigenvalue weighted by Crippen LogP contribution is -2.59. The van der Waals surface area contributed by atoms with Crippen molar-refractivity contribution in [3.05, 3.63) is 96.1 Å². The molecule has 0 spiro atoms. The van der Waals surface area contributed by atoms with Crippen molar-refractivity contribution in [2.24, 2.45) is 0 Å². The molecule has 1 saturated heterocycles. The molecule has 0 radical (unpaired) electrons. The number of piperazine rings is 1. The van der Waals surface area contributed by atoms with Crippen LogP contribution in [-0.2, 0) is 11.3 Å². The topological polar surface area (TPSA) is 100 Å². The van der Waals surface area contributed by atoms with Crippen molar-refractivity contribution in [3.63, 3.8) is 0 Å². The molecular weight excluding hydrogens is 492 g/mol. The zero-order chi connectivity index (χ0) is 27.0. The van der Waals surface area contributed by atoms with Gasteiger partial charge in [0.2, 0.25) is 5.91 Å². The lowest BCUT2D eigenvalue weighted by Gasteiger charge is -2.47. The van der Waals surface area contributed by atoms with E-state index in [1.54, 1.807) is 34.1 Å². The Bertz CT molecular complexity index is 1290. The third-order valence-electron chi connectivity index (χ3n) is 7.42. The van der Waals surface area contributed by atoms with Gasteiger partial charge < -0.3 is 9.80 Å². The fraction of sp³-hybridized carbons (Fsp3) is 0.379. The summed E-state index contributed by atoms with van der Waals surface area (Å²) in [6, 6.07) is 14.1. The molecule has 39 heavy (non-hydrogen) atoms. The maximum Gasteiger partial charge on any atom is 0.255 e. The molecule has 2 aliphatic rings. The second kappa shape index (κ2) is 12.6. The number of tetrazole rings is 1. The van der Waals surface area contributed by atoms with E-state index in [0.29, 0.717) is 44.7 Å². The molecule has 1 aliphatic heterocycles. The summed E-state index contributed by atoms with van der Waals surface area (Å²) in [6.07, 6.45) is 13.7. The smallest absolute Gasteiger partial charge is 0.255 e. The zero-order valence-electron chi connectivity index (χ0n) is 22.2. The first-order valence-corrected chi connectivity index (χ1v) is 13.4. The molecule has 2 unspecified atom stereocenters. The lowest BCUT2D eigenvalue weighted by atomic mass is 9.89. The van der Waals surface area contributed by atoms with Gasteiger partial charge in [0, 0.05) is 58.1 Å². The number of pyridine rings is 1. The van der Waals surface area contributed by atoms with E-state index in [1.807, 2.05) is 18.0 Å². The molecule has 202 valence electrons. The maximum absolute atomic E-state index is 13.4. The number of benzene rings is 1. The van der Waals surface area contributed by atoms with Crippen LogP contribution in [0.25, 0.3) is 0 Å². The molecular formula is C29H34N8O2. The second-order valence-electron chi connectivity index (χ2n) is 10.0. The Labute approximate surface area is 228 Å². The predicted molar refractivity (Wildman–Crippen MR) is 146 cm³/mol. The van der Waals surface area contributed by atoms with E-state index in [9.17, 15) is 9.59 Å². The minimum Gasteiger partial charge on any atom is -0.344 e. The van der Waals surface area contributed by atoms with Crippen molar-refractivity contribution in [1.82, 2.24) is 39.9 Å². The summed E-state index contributed by atoms with van der Waals surface area (Å²) < 4.78 is 1.56. The first-order chi connectivity index (χ1) is 19.1. The number of carbonyl (C=O) groups is 2. The average molecular weight is 527 g/mol. The van der Waals surface area contributed by atoms with Gasteiger partial charge in [-0.1, -0.05) is 48.6 Å². The minimum absolute atomic E-state index is 0.0113. The van der Waals surface area contributed by atoms with Gasteiger partial charge in [-0.2, -0.15) is 0 Å². The van der Waals surface area contributed by atoms with Gasteiger partial charge in [0.15, 0.2) is 0 Å². The Kier molecular flexibility index (Phi) is 8.52. The summed E-state index contributed by atoms with van der Waals surface area (Å²) in [5.41, 5.74) is 3.16. The molecule has 1 aromatic carbocycles. The summed E-state index contributed by atoms with van der Waals surface area (Å²) in [5, 5.41) is 11.1. The highest BCUT2D eigenvalue weighted by Gasteiger charge is 2.37. The van der Waals surface area contributed by atoms with Gasteiger partial charge in [0.25, 0.3) is 5.91 Å². The van der Waals surface area contributed by atoms with Crippen molar-refractivity contribution < 1.29 is 9.59 Å². The SMILES string of the molecule is CN(CC1CN(C(=O)c2cccnc2)CCN1C(C1=CC=CCC1)c1ccccc1)C(=O)CCn1cnnn1. The van der Waals surface area contributed by atoms with E-state index in [4.69, 9.17) is 0 Å².